The Bertz CT molecular complexity index is 430. The maximum Gasteiger partial charge on any atom is 0.120 e. The summed E-state index contributed by atoms with van der Waals surface area (Å²) in [4.78, 5) is 0.405. The van der Waals surface area contributed by atoms with Gasteiger partial charge >= 0.3 is 0 Å². The van der Waals surface area contributed by atoms with Crippen molar-refractivity contribution in [1.82, 2.24) is 0 Å². The Morgan fingerprint density at radius 3 is 2.47 bits per heavy atom. The number of methoxy groups -OCH3 is 1. The Hall–Kier alpha value is -1.29. The third kappa shape index (κ3) is 4.10. The van der Waals surface area contributed by atoms with Gasteiger partial charge in [0.05, 0.1) is 7.11 Å². The molecule has 0 aromatic heterocycles. The van der Waals surface area contributed by atoms with Crippen molar-refractivity contribution in [3.63, 3.8) is 0 Å². The van der Waals surface area contributed by atoms with Crippen LogP contribution in [0.15, 0.2) is 18.2 Å². The van der Waals surface area contributed by atoms with Crippen LogP contribution in [0.5, 0.6) is 5.75 Å². The van der Waals surface area contributed by atoms with Gasteiger partial charge in [-0.3, -0.25) is 0 Å². The van der Waals surface area contributed by atoms with Gasteiger partial charge in [-0.1, -0.05) is 38.9 Å². The van der Waals surface area contributed by atoms with E-state index < -0.39 is 0 Å². The predicted octanol–water partition coefficient (Wildman–Crippen LogP) is 3.57. The molecule has 1 aromatic carbocycles. The van der Waals surface area contributed by atoms with Crippen molar-refractivity contribution in [2.75, 3.05) is 12.4 Å². The van der Waals surface area contributed by atoms with Crippen LogP contribution in [-0.2, 0) is 0 Å². The van der Waals surface area contributed by atoms with Crippen LogP contribution < -0.4 is 15.8 Å². The van der Waals surface area contributed by atoms with Crippen LogP contribution in [0.1, 0.15) is 39.2 Å². The van der Waals surface area contributed by atoms with Crippen molar-refractivity contribution in [3.05, 3.63) is 23.8 Å². The van der Waals surface area contributed by atoms with E-state index >= 15 is 0 Å². The summed E-state index contributed by atoms with van der Waals surface area (Å²) in [5, 5.41) is 3.52. The van der Waals surface area contributed by atoms with E-state index in [0.29, 0.717) is 16.9 Å². The molecule has 4 heteroatoms. The number of thiocarbonyl (C=S) groups is 1. The lowest BCUT2D eigenvalue weighted by Crippen LogP contribution is -2.26. The second kappa shape index (κ2) is 7.34. The van der Waals surface area contributed by atoms with Gasteiger partial charge in [-0.25, -0.2) is 0 Å². The molecule has 19 heavy (non-hydrogen) atoms. The molecular formula is C15H24N2OS. The molecule has 0 saturated heterocycles. The molecule has 0 fully saturated rings. The zero-order valence-electron chi connectivity index (χ0n) is 12.2. The molecule has 3 nitrogen and oxygen atoms in total. The maximum atomic E-state index is 5.77. The first kappa shape index (κ1) is 15.8. The lowest BCUT2D eigenvalue weighted by atomic mass is 9.95. The minimum absolute atomic E-state index is 0.371. The lowest BCUT2D eigenvalue weighted by Gasteiger charge is -2.25. The summed E-state index contributed by atoms with van der Waals surface area (Å²) in [5.41, 5.74) is 7.59. The van der Waals surface area contributed by atoms with Gasteiger partial charge in [0.2, 0.25) is 0 Å². The minimum atomic E-state index is 0.371. The number of rotatable bonds is 7. The van der Waals surface area contributed by atoms with Crippen LogP contribution in [0.3, 0.4) is 0 Å². The lowest BCUT2D eigenvalue weighted by molar-refractivity contribution is 0.414. The number of benzene rings is 1. The van der Waals surface area contributed by atoms with Crippen LogP contribution in [0.25, 0.3) is 0 Å². The van der Waals surface area contributed by atoms with Crippen LogP contribution in [-0.4, -0.2) is 18.1 Å². The van der Waals surface area contributed by atoms with Gasteiger partial charge in [-0.05, 0) is 25.0 Å². The van der Waals surface area contributed by atoms with Crippen molar-refractivity contribution in [2.45, 2.75) is 39.7 Å². The third-order valence-corrected chi connectivity index (χ3v) is 3.85. The van der Waals surface area contributed by atoms with Gasteiger partial charge in [0, 0.05) is 23.4 Å². The summed E-state index contributed by atoms with van der Waals surface area (Å²) in [7, 11) is 1.66. The molecule has 0 amide bonds. The standard InChI is InChI=1S/C15H24N2OS/c1-5-11(6-2)10(3)17-14-9-12(18-4)7-8-13(14)15(16)19/h7-11,17H,5-6H2,1-4H3,(H2,16,19). The smallest absolute Gasteiger partial charge is 0.120 e. The van der Waals surface area contributed by atoms with Gasteiger partial charge in [-0.15, -0.1) is 0 Å². The molecule has 1 rings (SSSR count). The summed E-state index contributed by atoms with van der Waals surface area (Å²) in [6, 6.07) is 6.10. The predicted molar refractivity (Wildman–Crippen MR) is 86.0 cm³/mol. The SMILES string of the molecule is CCC(CC)C(C)Nc1cc(OC)ccc1C(N)=S. The van der Waals surface area contributed by atoms with Crippen molar-refractivity contribution >= 4 is 22.9 Å². The highest BCUT2D eigenvalue weighted by Crippen LogP contribution is 2.25. The van der Waals surface area contributed by atoms with E-state index in [-0.39, 0.29) is 0 Å². The van der Waals surface area contributed by atoms with Gasteiger partial charge in [0.25, 0.3) is 0 Å². The second-order valence-corrected chi connectivity index (χ2v) is 5.23. The highest BCUT2D eigenvalue weighted by molar-refractivity contribution is 7.80. The average Bonchev–Trinajstić information content (AvgIpc) is 2.39. The molecule has 0 aliphatic heterocycles. The third-order valence-electron chi connectivity index (χ3n) is 3.63. The Labute approximate surface area is 121 Å². The van der Waals surface area contributed by atoms with E-state index in [4.69, 9.17) is 22.7 Å². The average molecular weight is 280 g/mol. The fraction of sp³-hybridized carbons (Fsp3) is 0.533. The highest BCUT2D eigenvalue weighted by atomic mass is 32.1. The van der Waals surface area contributed by atoms with Crippen LogP contribution in [0.2, 0.25) is 0 Å². The summed E-state index contributed by atoms with van der Waals surface area (Å²) in [6.45, 7) is 6.62. The summed E-state index contributed by atoms with van der Waals surface area (Å²) < 4.78 is 5.26. The number of nitrogens with one attached hydrogen (secondary N) is 1. The number of hydrogen-bond acceptors (Lipinski definition) is 3. The van der Waals surface area contributed by atoms with E-state index in [1.165, 1.54) is 0 Å². The number of nitrogens with two attached hydrogens (primary N) is 1. The monoisotopic (exact) mass is 280 g/mol. The number of anilines is 1. The van der Waals surface area contributed by atoms with Gasteiger partial charge in [-0.2, -0.15) is 0 Å². The summed E-state index contributed by atoms with van der Waals surface area (Å²) in [6.07, 6.45) is 2.30. The topological polar surface area (TPSA) is 47.3 Å². The molecule has 0 radical (unpaired) electrons. The first-order valence-electron chi connectivity index (χ1n) is 6.77. The van der Waals surface area contributed by atoms with E-state index in [1.807, 2.05) is 18.2 Å². The molecule has 0 aliphatic rings. The fourth-order valence-electron chi connectivity index (χ4n) is 2.34. The normalized spacial score (nSPS) is 12.3. The Balaban J connectivity index is 3.00. The Morgan fingerprint density at radius 2 is 2.00 bits per heavy atom. The molecule has 1 atom stereocenters. The zero-order chi connectivity index (χ0) is 14.4. The Morgan fingerprint density at radius 1 is 1.37 bits per heavy atom. The Kier molecular flexibility index (Phi) is 6.09. The van der Waals surface area contributed by atoms with Crippen LogP contribution >= 0.6 is 12.2 Å². The van der Waals surface area contributed by atoms with Gasteiger partial charge in [0.1, 0.15) is 10.7 Å². The molecule has 0 bridgehead atoms. The van der Waals surface area contributed by atoms with Crippen molar-refractivity contribution < 1.29 is 4.74 Å². The molecule has 0 saturated carbocycles. The summed E-state index contributed by atoms with van der Waals surface area (Å²) >= 11 is 5.10. The second-order valence-electron chi connectivity index (χ2n) is 4.79. The minimum Gasteiger partial charge on any atom is -0.497 e. The number of ether oxygens (including phenoxy) is 1. The number of hydrogen-bond donors (Lipinski definition) is 2. The fourth-order valence-corrected chi connectivity index (χ4v) is 2.52. The van der Waals surface area contributed by atoms with Gasteiger partial charge in [0.15, 0.2) is 0 Å². The van der Waals surface area contributed by atoms with Crippen molar-refractivity contribution in [3.8, 4) is 5.75 Å². The van der Waals surface area contributed by atoms with Gasteiger partial charge < -0.3 is 15.8 Å². The molecule has 0 aliphatic carbocycles. The van der Waals surface area contributed by atoms with E-state index in [2.05, 4.69) is 26.1 Å². The first-order valence-corrected chi connectivity index (χ1v) is 7.18. The van der Waals surface area contributed by atoms with Crippen LogP contribution in [0, 0.1) is 5.92 Å². The quantitative estimate of drug-likeness (QED) is 0.750. The van der Waals surface area contributed by atoms with E-state index in [9.17, 15) is 0 Å². The molecule has 106 valence electrons. The zero-order valence-corrected chi connectivity index (χ0v) is 13.0. The first-order chi connectivity index (χ1) is 9.03. The molecule has 0 heterocycles. The molecule has 0 spiro atoms. The maximum absolute atomic E-state index is 5.77. The molecule has 1 aromatic rings. The van der Waals surface area contributed by atoms with E-state index in [0.717, 1.165) is 29.8 Å². The van der Waals surface area contributed by atoms with Crippen LogP contribution in [0.4, 0.5) is 5.69 Å². The largest absolute Gasteiger partial charge is 0.497 e. The highest BCUT2D eigenvalue weighted by Gasteiger charge is 2.15. The van der Waals surface area contributed by atoms with E-state index in [1.54, 1.807) is 7.11 Å². The summed E-state index contributed by atoms with van der Waals surface area (Å²) in [5.74, 6) is 1.43. The molecular weight excluding hydrogens is 256 g/mol. The molecule has 3 N–H and O–H groups in total. The van der Waals surface area contributed by atoms with Crippen molar-refractivity contribution in [1.29, 1.82) is 0 Å². The van der Waals surface area contributed by atoms with Crippen molar-refractivity contribution in [2.24, 2.45) is 11.7 Å². The molecule has 1 unspecified atom stereocenters.